The van der Waals surface area contributed by atoms with Gasteiger partial charge in [0.1, 0.15) is 23.6 Å². The summed E-state index contributed by atoms with van der Waals surface area (Å²) in [7, 11) is 0.629. The minimum Gasteiger partial charge on any atom is -0.477 e. The number of hydrogen-bond acceptors (Lipinski definition) is 10. The van der Waals surface area contributed by atoms with E-state index < -0.39 is 42.0 Å². The van der Waals surface area contributed by atoms with Gasteiger partial charge >= 0.3 is 13.8 Å². The van der Waals surface area contributed by atoms with E-state index >= 15 is 8.78 Å². The first-order valence-electron chi connectivity index (χ1n) is 16.3. The molecule has 272 valence electrons. The Hall–Kier alpha value is -4.47. The molecule has 0 bridgehead atoms. The number of pyridine rings is 3. The Kier molecular flexibility index (Phi) is 9.44. The first kappa shape index (κ1) is 36.3. The van der Waals surface area contributed by atoms with Crippen molar-refractivity contribution in [3.05, 3.63) is 58.1 Å². The van der Waals surface area contributed by atoms with Crippen LogP contribution < -0.4 is 15.6 Å². The van der Waals surface area contributed by atoms with Crippen LogP contribution in [0.2, 0.25) is 0 Å². The summed E-state index contributed by atoms with van der Waals surface area (Å²) in [5.74, 6) is -3.49. The minimum absolute atomic E-state index is 0.00363. The number of nitrogens with one attached hydrogen (secondary N) is 2. The number of fused-ring (bicyclic) bond motifs is 4. The first-order valence-corrected chi connectivity index (χ1v) is 17.8. The summed E-state index contributed by atoms with van der Waals surface area (Å²) >= 11 is 0. The third-order valence-corrected chi connectivity index (χ3v) is 10.4. The lowest BCUT2D eigenvalue weighted by Crippen LogP contribution is -2.36. The van der Waals surface area contributed by atoms with Crippen LogP contribution in [0.1, 0.15) is 44.5 Å². The van der Waals surface area contributed by atoms with E-state index in [-0.39, 0.29) is 35.1 Å². The zero-order valence-electron chi connectivity index (χ0n) is 29.2. The van der Waals surface area contributed by atoms with E-state index in [1.165, 1.54) is 17.0 Å². The fourth-order valence-electron chi connectivity index (χ4n) is 6.87. The molecule has 0 spiro atoms. The lowest BCUT2D eigenvalue weighted by molar-refractivity contribution is 0.0347. The van der Waals surface area contributed by atoms with Crippen molar-refractivity contribution in [1.29, 1.82) is 0 Å². The van der Waals surface area contributed by atoms with Gasteiger partial charge in [0.05, 0.1) is 38.7 Å². The van der Waals surface area contributed by atoms with Gasteiger partial charge < -0.3 is 29.8 Å². The molecule has 51 heavy (non-hydrogen) atoms. The number of hydrogen-bond donors (Lipinski definition) is 4. The molecule has 0 radical (unpaired) electrons. The Bertz CT molecular complexity index is 2310. The molecular weight excluding hydrogens is 687 g/mol. The first-order chi connectivity index (χ1) is 23.9. The Morgan fingerprint density at radius 2 is 1.94 bits per heavy atom. The SMILES string of the molecule is CNc1cc(F)c(F)c2c1[nH]c1ncc(-c3cnc4c(c3)c(=O)c(C(=O)O)cn4C)c(N3CC[C@H](CN(C)COP(=O)(O)OC(C)(C)C)[C@@H]3C)c12. The number of carboxylic acid groups (broad SMARTS) is 1. The van der Waals surface area contributed by atoms with Crippen molar-refractivity contribution < 1.29 is 37.2 Å². The Labute approximate surface area is 291 Å². The van der Waals surface area contributed by atoms with Gasteiger partial charge in [-0.05, 0) is 53.1 Å². The Balaban J connectivity index is 1.48. The van der Waals surface area contributed by atoms with E-state index in [2.05, 4.69) is 25.2 Å². The maximum Gasteiger partial charge on any atom is 0.473 e. The van der Waals surface area contributed by atoms with Crippen molar-refractivity contribution in [1.82, 2.24) is 24.4 Å². The van der Waals surface area contributed by atoms with Crippen LogP contribution in [0.3, 0.4) is 0 Å². The van der Waals surface area contributed by atoms with Crippen molar-refractivity contribution in [3.8, 4) is 11.1 Å². The standard InChI is InChI=1S/C34H40F2N7O7P/c1-17-18(14-41(6)16-49-51(47,48)50-34(2,3)4)8-9-43(17)29-21(19-10-20-30(44)22(33(45)46)15-42(7)32(20)39-12-19)13-38-31-26(29)25-27(36)23(35)11-24(37-5)28(25)40-31/h10-13,15,17-18,37H,8-9,14,16H2,1-7H3,(H,38,40)(H,45,46)(H,47,48)/t17-,18+/m0/s1. The number of aromatic amines is 1. The predicted octanol–water partition coefficient (Wildman–Crippen LogP) is 5.68. The van der Waals surface area contributed by atoms with E-state index in [9.17, 15) is 24.2 Å². The number of H-pyrrole nitrogens is 1. The van der Waals surface area contributed by atoms with Crippen LogP contribution in [0.25, 0.3) is 44.1 Å². The number of aryl methyl sites for hydroxylation is 1. The predicted molar refractivity (Wildman–Crippen MR) is 190 cm³/mol. The number of carbonyl (C=O) groups is 1. The van der Waals surface area contributed by atoms with Crippen molar-refractivity contribution in [3.63, 3.8) is 0 Å². The van der Waals surface area contributed by atoms with Gasteiger partial charge in [-0.25, -0.2) is 28.1 Å². The third-order valence-electron chi connectivity index (χ3n) is 9.17. The van der Waals surface area contributed by atoms with Gasteiger partial charge in [0.25, 0.3) is 0 Å². The maximum absolute atomic E-state index is 15.9. The molecule has 0 amide bonds. The highest BCUT2D eigenvalue weighted by Gasteiger charge is 2.36. The molecule has 1 aromatic carbocycles. The molecule has 5 aromatic rings. The maximum atomic E-state index is 15.9. The molecule has 1 aliphatic heterocycles. The van der Waals surface area contributed by atoms with Gasteiger partial charge in [0, 0.05) is 69.0 Å². The Morgan fingerprint density at radius 1 is 1.22 bits per heavy atom. The number of aromatic nitrogens is 4. The van der Waals surface area contributed by atoms with Gasteiger partial charge in [-0.3, -0.25) is 18.7 Å². The van der Waals surface area contributed by atoms with Crippen LogP contribution in [0.4, 0.5) is 20.2 Å². The van der Waals surface area contributed by atoms with Crippen LogP contribution in [-0.4, -0.2) is 85.9 Å². The fraction of sp³-hybridized carbons (Fsp3) is 0.412. The smallest absolute Gasteiger partial charge is 0.473 e. The Morgan fingerprint density at radius 3 is 2.61 bits per heavy atom. The number of nitrogens with zero attached hydrogens (tertiary/aromatic N) is 5. The molecule has 6 rings (SSSR count). The second-order valence-electron chi connectivity index (χ2n) is 13.9. The van der Waals surface area contributed by atoms with E-state index in [1.807, 2.05) is 6.92 Å². The molecular formula is C34H40F2N7O7P. The van der Waals surface area contributed by atoms with Crippen LogP contribution >= 0.6 is 7.82 Å². The van der Waals surface area contributed by atoms with Crippen LogP contribution in [0.15, 0.2) is 35.5 Å². The quantitative estimate of drug-likeness (QED) is 0.102. The number of rotatable bonds is 10. The number of phosphoric acid groups is 1. The van der Waals surface area contributed by atoms with Gasteiger partial charge in [-0.1, -0.05) is 0 Å². The average molecular weight is 728 g/mol. The van der Waals surface area contributed by atoms with E-state index in [1.54, 1.807) is 59.1 Å². The summed E-state index contributed by atoms with van der Waals surface area (Å²) in [5.41, 5.74) is 0.629. The van der Waals surface area contributed by atoms with Gasteiger partial charge in [-0.15, -0.1) is 0 Å². The topological polar surface area (TPSA) is 175 Å². The molecule has 4 N–H and O–H groups in total. The normalized spacial score (nSPS) is 18.0. The molecule has 14 nitrogen and oxygen atoms in total. The number of anilines is 2. The molecule has 3 atom stereocenters. The summed E-state index contributed by atoms with van der Waals surface area (Å²) < 4.78 is 55.4. The van der Waals surface area contributed by atoms with Crippen molar-refractivity contribution in [2.75, 3.05) is 44.1 Å². The molecule has 0 saturated carbocycles. The molecule has 17 heteroatoms. The number of benzene rings is 1. The number of carboxylic acids is 1. The van der Waals surface area contributed by atoms with Gasteiger partial charge in [-0.2, -0.15) is 0 Å². The largest absolute Gasteiger partial charge is 0.477 e. The summed E-state index contributed by atoms with van der Waals surface area (Å²) in [5, 5.41) is 13.0. The zero-order valence-corrected chi connectivity index (χ0v) is 30.1. The lowest BCUT2D eigenvalue weighted by atomic mass is 9.98. The van der Waals surface area contributed by atoms with Crippen molar-refractivity contribution in [2.45, 2.75) is 45.8 Å². The number of aromatic carboxylic acids is 1. The zero-order chi connectivity index (χ0) is 37.2. The van der Waals surface area contributed by atoms with Gasteiger partial charge in [0.15, 0.2) is 11.6 Å². The highest BCUT2D eigenvalue weighted by molar-refractivity contribution is 7.47. The molecule has 1 unspecified atom stereocenters. The molecule has 1 aliphatic rings. The van der Waals surface area contributed by atoms with Crippen molar-refractivity contribution >= 4 is 58.1 Å². The highest BCUT2D eigenvalue weighted by atomic mass is 31.2. The minimum atomic E-state index is -4.32. The van der Waals surface area contributed by atoms with Gasteiger partial charge in [0.2, 0.25) is 5.43 Å². The summed E-state index contributed by atoms with van der Waals surface area (Å²) in [6.07, 6.45) is 4.99. The van der Waals surface area contributed by atoms with Crippen LogP contribution in [-0.2, 0) is 20.7 Å². The summed E-state index contributed by atoms with van der Waals surface area (Å²) in [6, 6.07) is 2.42. The number of phosphoric ester groups is 1. The molecule has 4 aromatic heterocycles. The van der Waals surface area contributed by atoms with E-state index in [4.69, 9.17) is 9.05 Å². The van der Waals surface area contributed by atoms with Crippen molar-refractivity contribution in [2.24, 2.45) is 13.0 Å². The monoisotopic (exact) mass is 727 g/mol. The summed E-state index contributed by atoms with van der Waals surface area (Å²) in [4.78, 5) is 51.5. The van der Waals surface area contributed by atoms with E-state index in [0.29, 0.717) is 58.6 Å². The number of halogens is 2. The highest BCUT2D eigenvalue weighted by Crippen LogP contribution is 2.48. The second-order valence-corrected chi connectivity index (χ2v) is 15.3. The molecule has 1 fully saturated rings. The molecule has 5 heterocycles. The lowest BCUT2D eigenvalue weighted by Gasteiger charge is -2.31. The molecule has 1 saturated heterocycles. The second kappa shape index (κ2) is 13.3. The van der Waals surface area contributed by atoms with Crippen LogP contribution in [0.5, 0.6) is 0 Å². The third kappa shape index (κ3) is 6.81. The van der Waals surface area contributed by atoms with E-state index in [0.717, 1.165) is 6.07 Å². The fourth-order valence-corrected chi connectivity index (χ4v) is 7.96. The summed E-state index contributed by atoms with van der Waals surface area (Å²) in [6.45, 7) is 7.73. The average Bonchev–Trinajstić information content (AvgIpc) is 3.62. The van der Waals surface area contributed by atoms with Crippen LogP contribution in [0, 0.1) is 17.6 Å². The molecule has 0 aliphatic carbocycles.